The zero-order valence-electron chi connectivity index (χ0n) is 14.5. The molecule has 2 aromatic rings. The molecule has 0 bridgehead atoms. The summed E-state index contributed by atoms with van der Waals surface area (Å²) in [4.78, 5) is 40.9. The molecule has 130 valence electrons. The minimum atomic E-state index is -0.335. The van der Waals surface area contributed by atoms with Crippen molar-refractivity contribution in [3.63, 3.8) is 0 Å². The Balaban J connectivity index is 1.81. The summed E-state index contributed by atoms with van der Waals surface area (Å²) in [5.74, 6) is -1.12. The summed E-state index contributed by atoms with van der Waals surface area (Å²) in [5.41, 5.74) is 3.57. The van der Waals surface area contributed by atoms with Gasteiger partial charge in [0, 0.05) is 25.8 Å². The fourth-order valence-electron chi connectivity index (χ4n) is 5.11. The van der Waals surface area contributed by atoms with Gasteiger partial charge in [-0.25, -0.2) is 0 Å². The van der Waals surface area contributed by atoms with Gasteiger partial charge in [0.05, 0.1) is 23.2 Å². The minimum absolute atomic E-state index is 0.0777. The maximum absolute atomic E-state index is 12.7. The van der Waals surface area contributed by atoms with E-state index in [-0.39, 0.29) is 41.4 Å². The molecule has 0 spiro atoms. The molecular formula is C21H18N2O3. The van der Waals surface area contributed by atoms with E-state index in [2.05, 4.69) is 0 Å². The van der Waals surface area contributed by atoms with Crippen molar-refractivity contribution in [1.29, 1.82) is 0 Å². The Morgan fingerprint density at radius 3 is 1.62 bits per heavy atom. The Kier molecular flexibility index (Phi) is 2.97. The molecule has 4 atom stereocenters. The first kappa shape index (κ1) is 15.3. The van der Waals surface area contributed by atoms with E-state index >= 15 is 0 Å². The Morgan fingerprint density at radius 1 is 0.769 bits per heavy atom. The van der Waals surface area contributed by atoms with E-state index < -0.39 is 0 Å². The summed E-state index contributed by atoms with van der Waals surface area (Å²) in [6, 6.07) is 15.5. The summed E-state index contributed by atoms with van der Waals surface area (Å²) in [7, 11) is 1.57. The normalized spacial score (nSPS) is 28.5. The largest absolute Gasteiger partial charge is 0.285 e. The standard InChI is InChI=1S/C21H18N2O3/c1-11(24)23-14-9-5-3-7-12(14)16-17(13-8-4-6-10-15(13)23)19-18(16)20(25)22(2)21(19)26/h3-10,16-19H,1-2H3. The van der Waals surface area contributed by atoms with Crippen LogP contribution in [0, 0.1) is 11.8 Å². The highest BCUT2D eigenvalue weighted by atomic mass is 16.2. The molecule has 2 heterocycles. The second-order valence-corrected chi connectivity index (χ2v) is 7.31. The molecule has 2 aromatic carbocycles. The smallest absolute Gasteiger partial charge is 0.233 e. The van der Waals surface area contributed by atoms with E-state index in [0.29, 0.717) is 0 Å². The van der Waals surface area contributed by atoms with Crippen molar-refractivity contribution < 1.29 is 14.4 Å². The quantitative estimate of drug-likeness (QED) is 0.689. The maximum Gasteiger partial charge on any atom is 0.233 e. The molecule has 3 aliphatic rings. The third-order valence-electron chi connectivity index (χ3n) is 6.17. The lowest BCUT2D eigenvalue weighted by molar-refractivity contribution is -0.137. The second-order valence-electron chi connectivity index (χ2n) is 7.31. The number of benzene rings is 2. The molecule has 5 heteroatoms. The van der Waals surface area contributed by atoms with E-state index in [4.69, 9.17) is 0 Å². The van der Waals surface area contributed by atoms with Crippen molar-refractivity contribution in [3.8, 4) is 0 Å². The van der Waals surface area contributed by atoms with Crippen LogP contribution in [0.15, 0.2) is 48.5 Å². The van der Waals surface area contributed by atoms with Crippen LogP contribution in [0.4, 0.5) is 11.4 Å². The topological polar surface area (TPSA) is 57.7 Å². The van der Waals surface area contributed by atoms with Crippen LogP contribution in [0.3, 0.4) is 0 Å². The first-order valence-electron chi connectivity index (χ1n) is 8.82. The highest BCUT2D eigenvalue weighted by Gasteiger charge is 2.65. The van der Waals surface area contributed by atoms with Crippen LogP contribution in [0.1, 0.15) is 29.9 Å². The molecule has 4 unspecified atom stereocenters. The summed E-state index contributed by atoms with van der Waals surface area (Å²) < 4.78 is 0. The number of hydrogen-bond donors (Lipinski definition) is 0. The number of fused-ring (bicyclic) bond motifs is 8. The third-order valence-corrected chi connectivity index (χ3v) is 6.17. The van der Waals surface area contributed by atoms with Gasteiger partial charge in [-0.3, -0.25) is 24.2 Å². The van der Waals surface area contributed by atoms with Gasteiger partial charge in [-0.2, -0.15) is 0 Å². The summed E-state index contributed by atoms with van der Waals surface area (Å²) >= 11 is 0. The van der Waals surface area contributed by atoms with Crippen LogP contribution in [0.25, 0.3) is 0 Å². The van der Waals surface area contributed by atoms with Gasteiger partial charge >= 0.3 is 0 Å². The number of imide groups is 1. The fourth-order valence-corrected chi connectivity index (χ4v) is 5.11. The molecule has 26 heavy (non-hydrogen) atoms. The van der Waals surface area contributed by atoms with Crippen molar-refractivity contribution in [1.82, 2.24) is 4.90 Å². The number of likely N-dealkylation sites (tertiary alicyclic amines) is 1. The first-order chi connectivity index (χ1) is 12.5. The highest BCUT2D eigenvalue weighted by Crippen LogP contribution is 2.65. The number of nitrogens with zero attached hydrogens (tertiary/aromatic N) is 2. The molecule has 5 rings (SSSR count). The summed E-state index contributed by atoms with van der Waals surface area (Å²) in [6.45, 7) is 1.55. The van der Waals surface area contributed by atoms with Gasteiger partial charge in [0.15, 0.2) is 0 Å². The van der Waals surface area contributed by atoms with Crippen LogP contribution >= 0.6 is 0 Å². The van der Waals surface area contributed by atoms with Crippen LogP contribution in [0.5, 0.6) is 0 Å². The summed E-state index contributed by atoms with van der Waals surface area (Å²) in [5, 5.41) is 0. The van der Waals surface area contributed by atoms with Gasteiger partial charge in [-0.1, -0.05) is 36.4 Å². The van der Waals surface area contributed by atoms with Crippen LogP contribution in [-0.4, -0.2) is 29.7 Å². The lowest BCUT2D eigenvalue weighted by Crippen LogP contribution is -2.44. The summed E-state index contributed by atoms with van der Waals surface area (Å²) in [6.07, 6.45) is 0. The molecule has 1 aliphatic carbocycles. The van der Waals surface area contributed by atoms with Crippen molar-refractivity contribution in [2.24, 2.45) is 11.8 Å². The lowest BCUT2D eigenvalue weighted by Gasteiger charge is -2.45. The molecule has 1 saturated carbocycles. The van der Waals surface area contributed by atoms with Gasteiger partial charge < -0.3 is 0 Å². The van der Waals surface area contributed by atoms with Crippen LogP contribution in [0.2, 0.25) is 0 Å². The van der Waals surface area contributed by atoms with Crippen molar-refractivity contribution in [2.45, 2.75) is 18.8 Å². The molecule has 1 saturated heterocycles. The zero-order chi connectivity index (χ0) is 18.2. The first-order valence-corrected chi connectivity index (χ1v) is 8.82. The molecule has 0 aromatic heterocycles. The molecule has 5 nitrogen and oxygen atoms in total. The van der Waals surface area contributed by atoms with E-state index in [1.54, 1.807) is 18.9 Å². The highest BCUT2D eigenvalue weighted by molar-refractivity contribution is 6.09. The minimum Gasteiger partial charge on any atom is -0.285 e. The monoisotopic (exact) mass is 346 g/mol. The number of amides is 3. The van der Waals surface area contributed by atoms with Gasteiger partial charge in [-0.05, 0) is 23.3 Å². The van der Waals surface area contributed by atoms with Crippen molar-refractivity contribution in [2.75, 3.05) is 11.9 Å². The van der Waals surface area contributed by atoms with Crippen LogP contribution in [-0.2, 0) is 14.4 Å². The average Bonchev–Trinajstić information content (AvgIpc) is 2.74. The van der Waals surface area contributed by atoms with Gasteiger partial charge in [0.1, 0.15) is 0 Å². The molecule has 2 fully saturated rings. The van der Waals surface area contributed by atoms with E-state index in [0.717, 1.165) is 22.5 Å². The SMILES string of the molecule is CC(=O)N1c2ccccc2C2C3C(=O)N(C)C(=O)C3C2c2ccccc21. The molecular weight excluding hydrogens is 328 g/mol. The maximum atomic E-state index is 12.7. The number of hydrogen-bond acceptors (Lipinski definition) is 3. The van der Waals surface area contributed by atoms with E-state index in [1.807, 2.05) is 48.5 Å². The molecule has 0 radical (unpaired) electrons. The Bertz CT molecular complexity index is 911. The number of carbonyl (C=O) groups is 3. The Labute approximate surface area is 151 Å². The second kappa shape index (κ2) is 5.04. The molecule has 2 aliphatic heterocycles. The number of anilines is 2. The Hall–Kier alpha value is -2.95. The van der Waals surface area contributed by atoms with E-state index in [9.17, 15) is 14.4 Å². The third kappa shape index (κ3) is 1.68. The van der Waals surface area contributed by atoms with Gasteiger partial charge in [-0.15, -0.1) is 0 Å². The van der Waals surface area contributed by atoms with Crippen molar-refractivity contribution >= 4 is 29.1 Å². The predicted molar refractivity (Wildman–Crippen MR) is 95.9 cm³/mol. The molecule has 3 amide bonds. The van der Waals surface area contributed by atoms with Gasteiger partial charge in [0.25, 0.3) is 0 Å². The number of para-hydroxylation sites is 2. The van der Waals surface area contributed by atoms with Crippen molar-refractivity contribution in [3.05, 3.63) is 59.7 Å². The van der Waals surface area contributed by atoms with Gasteiger partial charge in [0.2, 0.25) is 17.7 Å². The fraction of sp³-hybridized carbons (Fsp3) is 0.286. The average molecular weight is 346 g/mol. The van der Waals surface area contributed by atoms with E-state index in [1.165, 1.54) is 4.90 Å². The number of carbonyl (C=O) groups excluding carboxylic acids is 3. The predicted octanol–water partition coefficient (Wildman–Crippen LogP) is 2.80. The number of rotatable bonds is 0. The van der Waals surface area contributed by atoms with Crippen LogP contribution < -0.4 is 4.90 Å². The zero-order valence-corrected chi connectivity index (χ0v) is 14.5. The lowest BCUT2D eigenvalue weighted by atomic mass is 9.53. The Morgan fingerprint density at radius 2 is 1.19 bits per heavy atom. The molecule has 0 N–H and O–H groups in total.